The van der Waals surface area contributed by atoms with E-state index < -0.39 is 6.10 Å². The Hall–Kier alpha value is -1.59. The first-order valence-electron chi connectivity index (χ1n) is 29.8. The van der Waals surface area contributed by atoms with Crippen molar-refractivity contribution in [2.75, 3.05) is 13.2 Å². The van der Waals surface area contributed by atoms with Gasteiger partial charge in [0.15, 0.2) is 6.10 Å². The predicted molar refractivity (Wildman–Crippen MR) is 284 cm³/mol. The summed E-state index contributed by atoms with van der Waals surface area (Å²) in [6.07, 6.45) is 56.7. The molecule has 0 aromatic rings. The summed E-state index contributed by atoms with van der Waals surface area (Å²) in [5, 5.41) is 0. The minimum atomic E-state index is -0.762. The number of carbonyl (C=O) groups excluding carboxylic acids is 3. The summed E-state index contributed by atoms with van der Waals surface area (Å²) in [5.74, 6) is 0.910. The summed E-state index contributed by atoms with van der Waals surface area (Å²) in [6, 6.07) is 0. The molecule has 0 aromatic carbocycles. The van der Waals surface area contributed by atoms with Crippen molar-refractivity contribution in [3.05, 3.63) is 0 Å². The molecule has 0 saturated carbocycles. The van der Waals surface area contributed by atoms with Crippen LogP contribution in [-0.2, 0) is 28.6 Å². The van der Waals surface area contributed by atoms with Gasteiger partial charge in [-0.05, 0) is 31.1 Å². The van der Waals surface area contributed by atoms with Gasteiger partial charge >= 0.3 is 17.9 Å². The quantitative estimate of drug-likeness (QED) is 0.0343. The van der Waals surface area contributed by atoms with Gasteiger partial charge in [0.2, 0.25) is 0 Å². The Balaban J connectivity index is 4.17. The van der Waals surface area contributed by atoms with Crippen molar-refractivity contribution >= 4 is 17.9 Å². The average molecular weight is 934 g/mol. The zero-order valence-electron chi connectivity index (χ0n) is 45.3. The largest absolute Gasteiger partial charge is 0.462 e. The summed E-state index contributed by atoms with van der Waals surface area (Å²) in [4.78, 5) is 38.1. The van der Waals surface area contributed by atoms with Gasteiger partial charge in [0.1, 0.15) is 13.2 Å². The Bertz CT molecular complexity index is 1010. The molecule has 0 rings (SSSR count). The minimum Gasteiger partial charge on any atom is -0.462 e. The number of ether oxygens (including phenoxy) is 3. The lowest BCUT2D eigenvalue weighted by Crippen LogP contribution is -2.30. The van der Waals surface area contributed by atoms with Crippen LogP contribution in [0.5, 0.6) is 0 Å². The molecule has 0 N–H and O–H groups in total. The molecule has 0 aromatic heterocycles. The van der Waals surface area contributed by atoms with E-state index in [0.29, 0.717) is 19.3 Å². The van der Waals surface area contributed by atoms with Crippen molar-refractivity contribution < 1.29 is 28.6 Å². The summed E-state index contributed by atoms with van der Waals surface area (Å²) in [5.41, 5.74) is 0. The third-order valence-electron chi connectivity index (χ3n) is 14.1. The molecule has 0 heterocycles. The van der Waals surface area contributed by atoms with Crippen molar-refractivity contribution in [3.8, 4) is 0 Å². The van der Waals surface area contributed by atoms with E-state index >= 15 is 0 Å². The van der Waals surface area contributed by atoms with Gasteiger partial charge in [-0.2, -0.15) is 0 Å². The molecule has 0 bridgehead atoms. The van der Waals surface area contributed by atoms with E-state index in [9.17, 15) is 14.4 Å². The number of hydrogen-bond acceptors (Lipinski definition) is 6. The first kappa shape index (κ1) is 64.4. The van der Waals surface area contributed by atoms with E-state index in [2.05, 4.69) is 34.6 Å². The third-order valence-corrected chi connectivity index (χ3v) is 14.1. The fourth-order valence-corrected chi connectivity index (χ4v) is 9.20. The number of unbranched alkanes of at least 4 members (excludes halogenated alkanes) is 38. The summed E-state index contributed by atoms with van der Waals surface area (Å²) in [6.45, 7) is 11.5. The highest BCUT2D eigenvalue weighted by Crippen LogP contribution is 2.19. The maximum absolute atomic E-state index is 12.8. The smallest absolute Gasteiger partial charge is 0.306 e. The first-order valence-corrected chi connectivity index (χ1v) is 29.8. The van der Waals surface area contributed by atoms with Crippen LogP contribution in [-0.4, -0.2) is 37.2 Å². The van der Waals surface area contributed by atoms with Crippen LogP contribution in [0.1, 0.15) is 336 Å². The fourth-order valence-electron chi connectivity index (χ4n) is 9.20. The third kappa shape index (κ3) is 51.8. The fraction of sp³-hybridized carbons (Fsp3) is 0.950. The van der Waals surface area contributed by atoms with E-state index in [4.69, 9.17) is 14.2 Å². The maximum Gasteiger partial charge on any atom is 0.306 e. The van der Waals surface area contributed by atoms with Crippen LogP contribution in [0.15, 0.2) is 0 Å². The highest BCUT2D eigenvalue weighted by atomic mass is 16.6. The van der Waals surface area contributed by atoms with E-state index in [0.717, 1.165) is 69.6 Å². The van der Waals surface area contributed by atoms with E-state index in [-0.39, 0.29) is 31.1 Å². The highest BCUT2D eigenvalue weighted by Gasteiger charge is 2.19. The van der Waals surface area contributed by atoms with Gasteiger partial charge in [0.25, 0.3) is 0 Å². The van der Waals surface area contributed by atoms with Crippen LogP contribution in [0, 0.1) is 11.8 Å². The molecule has 0 aliphatic rings. The van der Waals surface area contributed by atoms with Crippen LogP contribution < -0.4 is 0 Å². The minimum absolute atomic E-state index is 0.0626. The van der Waals surface area contributed by atoms with Crippen LogP contribution in [0.3, 0.4) is 0 Å². The molecule has 0 aliphatic carbocycles. The lowest BCUT2D eigenvalue weighted by molar-refractivity contribution is -0.167. The second-order valence-electron chi connectivity index (χ2n) is 21.4. The average Bonchev–Trinajstić information content (AvgIpc) is 3.30. The molecule has 2 atom stereocenters. The molecule has 392 valence electrons. The van der Waals surface area contributed by atoms with Crippen molar-refractivity contribution in [1.29, 1.82) is 0 Å². The van der Waals surface area contributed by atoms with Gasteiger partial charge in [-0.3, -0.25) is 14.4 Å². The zero-order chi connectivity index (χ0) is 48.2. The molecule has 0 aliphatic heterocycles. The number of esters is 3. The van der Waals surface area contributed by atoms with Gasteiger partial charge in [0.05, 0.1) is 0 Å². The zero-order valence-corrected chi connectivity index (χ0v) is 45.3. The van der Waals surface area contributed by atoms with Crippen LogP contribution in [0.25, 0.3) is 0 Å². The molecule has 0 saturated heterocycles. The van der Waals surface area contributed by atoms with Crippen molar-refractivity contribution in [3.63, 3.8) is 0 Å². The molecule has 66 heavy (non-hydrogen) atoms. The Labute approximate surface area is 412 Å². The second-order valence-corrected chi connectivity index (χ2v) is 21.4. The number of carbonyl (C=O) groups is 3. The molecular weight excluding hydrogens is 817 g/mol. The Morgan fingerprint density at radius 2 is 0.576 bits per heavy atom. The number of hydrogen-bond donors (Lipinski definition) is 0. The van der Waals surface area contributed by atoms with Crippen LogP contribution in [0.2, 0.25) is 0 Å². The lowest BCUT2D eigenvalue weighted by Gasteiger charge is -2.18. The second kappa shape index (κ2) is 52.8. The van der Waals surface area contributed by atoms with Gasteiger partial charge in [0, 0.05) is 19.3 Å². The van der Waals surface area contributed by atoms with Crippen LogP contribution >= 0.6 is 0 Å². The molecule has 1 unspecified atom stereocenters. The SMILES string of the molecule is CCCCCCCCCCCCC(=O)O[C@@H](COC(=O)CCCCCCCCCCCCCCCCCCCCC(C)CC)COC(=O)CCCCCCCCCCCCCCCC(C)C. The molecular formula is C60H116O6. The van der Waals surface area contributed by atoms with Crippen LogP contribution in [0.4, 0.5) is 0 Å². The Morgan fingerprint density at radius 3 is 0.864 bits per heavy atom. The van der Waals surface area contributed by atoms with Gasteiger partial charge in [-0.15, -0.1) is 0 Å². The molecule has 0 spiro atoms. The van der Waals surface area contributed by atoms with E-state index in [1.54, 1.807) is 0 Å². The van der Waals surface area contributed by atoms with Crippen molar-refractivity contribution in [2.24, 2.45) is 11.8 Å². The topological polar surface area (TPSA) is 78.9 Å². The molecule has 6 nitrogen and oxygen atoms in total. The lowest BCUT2D eigenvalue weighted by atomic mass is 9.99. The summed E-state index contributed by atoms with van der Waals surface area (Å²) in [7, 11) is 0. The number of rotatable bonds is 54. The standard InChI is InChI=1S/C60H116O6/c1-6-8-9-10-11-12-30-37-42-47-52-60(63)66-57(54-65-59(62)51-46-41-36-32-27-23-19-20-24-28-33-38-43-48-55(3)4)53-64-58(61)50-45-40-35-31-26-22-18-16-14-13-15-17-21-25-29-34-39-44-49-56(5)7-2/h55-57H,6-54H2,1-5H3/t56?,57-/m0/s1. The van der Waals surface area contributed by atoms with Gasteiger partial charge in [-0.1, -0.05) is 298 Å². The molecule has 0 fully saturated rings. The maximum atomic E-state index is 12.8. The summed E-state index contributed by atoms with van der Waals surface area (Å²) < 4.78 is 16.9. The van der Waals surface area contributed by atoms with E-state index in [1.165, 1.54) is 225 Å². The monoisotopic (exact) mass is 933 g/mol. The van der Waals surface area contributed by atoms with Crippen molar-refractivity contribution in [2.45, 2.75) is 343 Å². The summed E-state index contributed by atoms with van der Waals surface area (Å²) >= 11 is 0. The van der Waals surface area contributed by atoms with Gasteiger partial charge < -0.3 is 14.2 Å². The van der Waals surface area contributed by atoms with E-state index in [1.807, 2.05) is 0 Å². The van der Waals surface area contributed by atoms with Crippen molar-refractivity contribution in [1.82, 2.24) is 0 Å². The Kier molecular flexibility index (Phi) is 51.5. The normalized spacial score (nSPS) is 12.5. The van der Waals surface area contributed by atoms with Gasteiger partial charge in [-0.25, -0.2) is 0 Å². The first-order chi connectivity index (χ1) is 32.3. The Morgan fingerprint density at radius 1 is 0.318 bits per heavy atom. The highest BCUT2D eigenvalue weighted by molar-refractivity contribution is 5.71. The molecule has 6 heteroatoms. The predicted octanol–water partition coefficient (Wildman–Crippen LogP) is 19.7. The molecule has 0 radical (unpaired) electrons. The molecule has 0 amide bonds.